The van der Waals surface area contributed by atoms with Crippen molar-refractivity contribution in [1.82, 2.24) is 19.9 Å². The van der Waals surface area contributed by atoms with E-state index < -0.39 is 0 Å². The van der Waals surface area contributed by atoms with E-state index in [-0.39, 0.29) is 5.56 Å². The second-order valence-corrected chi connectivity index (χ2v) is 6.55. The molecule has 1 N–H and O–H groups in total. The Kier molecular flexibility index (Phi) is 3.77. The van der Waals surface area contributed by atoms with Gasteiger partial charge in [0, 0.05) is 32.3 Å². The van der Waals surface area contributed by atoms with Gasteiger partial charge in [0.2, 0.25) is 0 Å². The summed E-state index contributed by atoms with van der Waals surface area (Å²) in [5, 5.41) is 1.99. The summed E-state index contributed by atoms with van der Waals surface area (Å²) in [5.74, 6) is 0.682. The fourth-order valence-electron chi connectivity index (χ4n) is 2.87. The number of aromatic amines is 1. The fraction of sp³-hybridized carbons (Fsp3) is 0.235. The van der Waals surface area contributed by atoms with Crippen molar-refractivity contribution in [3.05, 3.63) is 69.2 Å². The average molecular weight is 324 g/mol. The molecule has 0 bridgehead atoms. The Balaban J connectivity index is 1.59. The second-order valence-electron chi connectivity index (χ2n) is 5.60. The lowest BCUT2D eigenvalue weighted by atomic mass is 10.1. The third-order valence-corrected chi connectivity index (χ3v) is 4.89. The predicted octanol–water partition coefficient (Wildman–Crippen LogP) is 2.45. The first-order valence-electron chi connectivity index (χ1n) is 7.58. The van der Waals surface area contributed by atoms with E-state index in [1.807, 2.05) is 35.7 Å². The Morgan fingerprint density at radius 1 is 1.26 bits per heavy atom. The molecule has 1 aliphatic rings. The summed E-state index contributed by atoms with van der Waals surface area (Å²) in [7, 11) is 0. The van der Waals surface area contributed by atoms with Crippen molar-refractivity contribution in [2.24, 2.45) is 0 Å². The van der Waals surface area contributed by atoms with Crippen LogP contribution in [0.15, 0.2) is 46.7 Å². The SMILES string of the molecule is O=c1[nH]c(-c2cccs2)nc2c1CN(Cc1ccccn1)CC2. The van der Waals surface area contributed by atoms with Crippen molar-refractivity contribution >= 4 is 11.3 Å². The van der Waals surface area contributed by atoms with Crippen molar-refractivity contribution in [2.45, 2.75) is 19.5 Å². The molecular formula is C17H16N4OS. The summed E-state index contributed by atoms with van der Waals surface area (Å²) in [6.45, 7) is 2.27. The van der Waals surface area contributed by atoms with Crippen LogP contribution in [0, 0.1) is 0 Å². The van der Waals surface area contributed by atoms with Crippen LogP contribution in [0.4, 0.5) is 0 Å². The molecule has 3 aromatic heterocycles. The molecule has 5 nitrogen and oxygen atoms in total. The van der Waals surface area contributed by atoms with Crippen LogP contribution in [-0.4, -0.2) is 26.4 Å². The number of fused-ring (bicyclic) bond motifs is 1. The van der Waals surface area contributed by atoms with Gasteiger partial charge in [-0.3, -0.25) is 14.7 Å². The summed E-state index contributed by atoms with van der Waals surface area (Å²) < 4.78 is 0. The Bertz CT molecular complexity index is 858. The van der Waals surface area contributed by atoms with Crippen LogP contribution in [0.5, 0.6) is 0 Å². The number of hydrogen-bond donors (Lipinski definition) is 1. The highest BCUT2D eigenvalue weighted by Crippen LogP contribution is 2.22. The normalized spacial score (nSPS) is 14.6. The molecule has 6 heteroatoms. The summed E-state index contributed by atoms with van der Waals surface area (Å²) in [6.07, 6.45) is 2.60. The summed E-state index contributed by atoms with van der Waals surface area (Å²) in [4.78, 5) is 27.6. The highest BCUT2D eigenvalue weighted by atomic mass is 32.1. The van der Waals surface area contributed by atoms with Crippen molar-refractivity contribution < 1.29 is 0 Å². The van der Waals surface area contributed by atoms with E-state index in [4.69, 9.17) is 0 Å². The zero-order valence-electron chi connectivity index (χ0n) is 12.5. The summed E-state index contributed by atoms with van der Waals surface area (Å²) >= 11 is 1.59. The van der Waals surface area contributed by atoms with Crippen LogP contribution >= 0.6 is 11.3 Å². The molecular weight excluding hydrogens is 308 g/mol. The van der Waals surface area contributed by atoms with E-state index in [2.05, 4.69) is 19.9 Å². The van der Waals surface area contributed by atoms with Gasteiger partial charge in [-0.2, -0.15) is 0 Å². The lowest BCUT2D eigenvalue weighted by Crippen LogP contribution is -2.35. The van der Waals surface area contributed by atoms with Crippen LogP contribution in [0.1, 0.15) is 17.0 Å². The molecule has 23 heavy (non-hydrogen) atoms. The van der Waals surface area contributed by atoms with E-state index in [1.54, 1.807) is 17.5 Å². The Morgan fingerprint density at radius 3 is 3.00 bits per heavy atom. The maximum Gasteiger partial charge on any atom is 0.255 e. The van der Waals surface area contributed by atoms with Gasteiger partial charge < -0.3 is 4.98 Å². The lowest BCUT2D eigenvalue weighted by Gasteiger charge is -2.27. The first kappa shape index (κ1) is 14.3. The van der Waals surface area contributed by atoms with Gasteiger partial charge >= 0.3 is 0 Å². The quantitative estimate of drug-likeness (QED) is 0.804. The predicted molar refractivity (Wildman–Crippen MR) is 90.2 cm³/mol. The molecule has 0 radical (unpaired) electrons. The van der Waals surface area contributed by atoms with Gasteiger partial charge in [0.1, 0.15) is 0 Å². The molecule has 0 aromatic carbocycles. The number of hydrogen-bond acceptors (Lipinski definition) is 5. The molecule has 0 saturated heterocycles. The highest BCUT2D eigenvalue weighted by Gasteiger charge is 2.21. The van der Waals surface area contributed by atoms with E-state index in [0.29, 0.717) is 12.4 Å². The van der Waals surface area contributed by atoms with Gasteiger partial charge in [0.25, 0.3) is 5.56 Å². The summed E-state index contributed by atoms with van der Waals surface area (Å²) in [5.41, 5.74) is 2.71. The fourth-order valence-corrected chi connectivity index (χ4v) is 3.54. The number of nitrogens with zero attached hydrogens (tertiary/aromatic N) is 3. The molecule has 116 valence electrons. The van der Waals surface area contributed by atoms with Crippen molar-refractivity contribution in [3.63, 3.8) is 0 Å². The molecule has 0 unspecified atom stereocenters. The first-order valence-corrected chi connectivity index (χ1v) is 8.46. The third kappa shape index (κ3) is 2.95. The lowest BCUT2D eigenvalue weighted by molar-refractivity contribution is 0.239. The van der Waals surface area contributed by atoms with E-state index in [1.165, 1.54) is 0 Å². The van der Waals surface area contributed by atoms with E-state index in [0.717, 1.165) is 41.3 Å². The third-order valence-electron chi connectivity index (χ3n) is 4.01. The Labute approximate surface area is 137 Å². The average Bonchev–Trinajstić information content (AvgIpc) is 3.11. The first-order chi connectivity index (χ1) is 11.3. The largest absolute Gasteiger partial charge is 0.306 e. The smallest absolute Gasteiger partial charge is 0.255 e. The van der Waals surface area contributed by atoms with Gasteiger partial charge in [0.05, 0.1) is 21.8 Å². The summed E-state index contributed by atoms with van der Waals surface area (Å²) in [6, 6.07) is 9.86. The number of H-pyrrole nitrogens is 1. The topological polar surface area (TPSA) is 61.9 Å². The monoisotopic (exact) mass is 324 g/mol. The van der Waals surface area contributed by atoms with Gasteiger partial charge in [-0.15, -0.1) is 11.3 Å². The molecule has 0 fully saturated rings. The molecule has 0 amide bonds. The molecule has 4 rings (SSSR count). The van der Waals surface area contributed by atoms with Gasteiger partial charge in [0.15, 0.2) is 5.82 Å². The standard InChI is InChI=1S/C17H16N4OS/c22-17-13-11-21(10-12-4-1-2-7-18-12)8-6-14(13)19-16(20-17)15-5-3-9-23-15/h1-5,7,9H,6,8,10-11H2,(H,19,20,22). The molecule has 3 aromatic rings. The molecule has 0 atom stereocenters. The second kappa shape index (κ2) is 6.06. The van der Waals surface area contributed by atoms with Crippen molar-refractivity contribution in [2.75, 3.05) is 6.54 Å². The van der Waals surface area contributed by atoms with Crippen molar-refractivity contribution in [1.29, 1.82) is 0 Å². The van der Waals surface area contributed by atoms with Crippen LogP contribution in [0.2, 0.25) is 0 Å². The van der Waals surface area contributed by atoms with Gasteiger partial charge in [-0.1, -0.05) is 12.1 Å². The zero-order valence-corrected chi connectivity index (χ0v) is 13.3. The van der Waals surface area contributed by atoms with Crippen molar-refractivity contribution in [3.8, 4) is 10.7 Å². The minimum Gasteiger partial charge on any atom is -0.306 e. The van der Waals surface area contributed by atoms with Crippen LogP contribution in [-0.2, 0) is 19.5 Å². The Morgan fingerprint density at radius 2 is 2.22 bits per heavy atom. The van der Waals surface area contributed by atoms with Gasteiger partial charge in [-0.25, -0.2) is 4.98 Å². The maximum absolute atomic E-state index is 12.4. The molecule has 0 saturated carbocycles. The minimum absolute atomic E-state index is 0.0240. The van der Waals surface area contributed by atoms with Crippen LogP contribution < -0.4 is 5.56 Å². The highest BCUT2D eigenvalue weighted by molar-refractivity contribution is 7.13. The minimum atomic E-state index is -0.0240. The van der Waals surface area contributed by atoms with E-state index in [9.17, 15) is 4.79 Å². The maximum atomic E-state index is 12.4. The Hall–Kier alpha value is -2.31. The number of thiophene rings is 1. The number of aromatic nitrogens is 3. The number of rotatable bonds is 3. The van der Waals surface area contributed by atoms with Crippen LogP contribution in [0.3, 0.4) is 0 Å². The van der Waals surface area contributed by atoms with Gasteiger partial charge in [-0.05, 0) is 23.6 Å². The molecule has 0 spiro atoms. The molecule has 0 aliphatic carbocycles. The molecule has 4 heterocycles. The van der Waals surface area contributed by atoms with Crippen LogP contribution in [0.25, 0.3) is 10.7 Å². The zero-order chi connectivity index (χ0) is 15.6. The number of nitrogens with one attached hydrogen (secondary N) is 1. The molecule has 1 aliphatic heterocycles. The van der Waals surface area contributed by atoms with E-state index >= 15 is 0 Å². The number of pyridine rings is 1.